The highest BCUT2D eigenvalue weighted by molar-refractivity contribution is 5.93. The highest BCUT2D eigenvalue weighted by Crippen LogP contribution is 2.18. The van der Waals surface area contributed by atoms with Crippen LogP contribution >= 0.6 is 0 Å². The molecular weight excluding hydrogens is 324 g/mol. The molecule has 2 aromatic rings. The van der Waals surface area contributed by atoms with Crippen LogP contribution < -0.4 is 11.1 Å². The second-order valence-corrected chi connectivity index (χ2v) is 6.25. The maximum absolute atomic E-state index is 12.4. The van der Waals surface area contributed by atoms with Gasteiger partial charge in [0, 0.05) is 24.7 Å². The third kappa shape index (κ3) is 4.38. The zero-order valence-electron chi connectivity index (χ0n) is 14.5. The summed E-state index contributed by atoms with van der Waals surface area (Å²) in [5.74, 6) is 0.0424. The monoisotopic (exact) mass is 346 g/mol. The molecule has 0 saturated carbocycles. The van der Waals surface area contributed by atoms with Crippen molar-refractivity contribution in [2.45, 2.75) is 33.2 Å². The first-order valence-corrected chi connectivity index (χ1v) is 8.01. The van der Waals surface area contributed by atoms with Crippen molar-refractivity contribution in [2.24, 2.45) is 11.7 Å². The quantitative estimate of drug-likeness (QED) is 0.578. The third-order valence-electron chi connectivity index (χ3n) is 3.77. The van der Waals surface area contributed by atoms with Gasteiger partial charge in [0.2, 0.25) is 0 Å². The van der Waals surface area contributed by atoms with E-state index < -0.39 is 4.92 Å². The molecule has 0 aliphatic heterocycles. The van der Waals surface area contributed by atoms with Gasteiger partial charge < -0.3 is 11.1 Å². The van der Waals surface area contributed by atoms with Gasteiger partial charge in [0.05, 0.1) is 16.3 Å². The molecule has 0 saturated heterocycles. The van der Waals surface area contributed by atoms with Crippen LogP contribution in [0.15, 0.2) is 24.3 Å². The molecule has 1 heterocycles. The molecule has 1 amide bonds. The van der Waals surface area contributed by atoms with Crippen LogP contribution in [0, 0.1) is 23.0 Å². The lowest BCUT2D eigenvalue weighted by Gasteiger charge is -2.18. The Hall–Kier alpha value is -2.81. The van der Waals surface area contributed by atoms with Crippen molar-refractivity contribution in [2.75, 3.05) is 6.54 Å². The molecule has 1 unspecified atom stereocenters. The van der Waals surface area contributed by atoms with E-state index in [9.17, 15) is 14.9 Å². The van der Waals surface area contributed by atoms with Crippen molar-refractivity contribution in [3.8, 4) is 5.69 Å². The largest absolute Gasteiger partial charge is 0.347 e. The van der Waals surface area contributed by atoms with E-state index in [4.69, 9.17) is 5.73 Å². The van der Waals surface area contributed by atoms with Gasteiger partial charge in [-0.1, -0.05) is 25.1 Å². The summed E-state index contributed by atoms with van der Waals surface area (Å²) in [6.45, 7) is 6.13. The number of hydrogen-bond acceptors (Lipinski definition) is 6. The van der Waals surface area contributed by atoms with E-state index in [1.54, 1.807) is 19.1 Å². The minimum absolute atomic E-state index is 0.0569. The number of nitro benzene ring substituents is 1. The van der Waals surface area contributed by atoms with Gasteiger partial charge in [-0.05, 0) is 25.3 Å². The number of non-ortho nitro benzene ring substituents is 1. The van der Waals surface area contributed by atoms with E-state index in [-0.39, 0.29) is 23.3 Å². The molecule has 0 fully saturated rings. The molecule has 0 aliphatic carbocycles. The average molecular weight is 346 g/mol. The zero-order chi connectivity index (χ0) is 18.6. The molecule has 1 aromatic heterocycles. The normalized spacial score (nSPS) is 12.2. The fourth-order valence-corrected chi connectivity index (χ4v) is 2.56. The third-order valence-corrected chi connectivity index (χ3v) is 3.77. The number of nitrogens with zero attached hydrogens (tertiary/aromatic N) is 4. The van der Waals surface area contributed by atoms with Crippen molar-refractivity contribution < 1.29 is 9.72 Å². The van der Waals surface area contributed by atoms with E-state index in [1.807, 2.05) is 0 Å². The lowest BCUT2D eigenvalue weighted by atomic mass is 10.0. The Bertz CT molecular complexity index is 771. The molecule has 25 heavy (non-hydrogen) atoms. The Morgan fingerprint density at radius 2 is 2.16 bits per heavy atom. The molecule has 9 heteroatoms. The van der Waals surface area contributed by atoms with Crippen molar-refractivity contribution in [3.63, 3.8) is 0 Å². The van der Waals surface area contributed by atoms with Crippen LogP contribution in [0.1, 0.15) is 36.5 Å². The fourth-order valence-electron chi connectivity index (χ4n) is 2.56. The van der Waals surface area contributed by atoms with Crippen LogP contribution in [0.3, 0.4) is 0 Å². The summed E-state index contributed by atoms with van der Waals surface area (Å²) < 4.78 is 1.40. The Kier molecular flexibility index (Phi) is 5.81. The van der Waals surface area contributed by atoms with Crippen LogP contribution in [0.2, 0.25) is 0 Å². The van der Waals surface area contributed by atoms with Crippen LogP contribution in [-0.2, 0) is 0 Å². The summed E-state index contributed by atoms with van der Waals surface area (Å²) in [5.41, 5.74) is 6.79. The van der Waals surface area contributed by atoms with Crippen LogP contribution in [0.4, 0.5) is 5.69 Å². The second-order valence-electron chi connectivity index (χ2n) is 6.25. The molecule has 0 aliphatic rings. The molecular formula is C16H22N6O3. The van der Waals surface area contributed by atoms with E-state index in [0.29, 0.717) is 23.8 Å². The van der Waals surface area contributed by atoms with Gasteiger partial charge in [0.1, 0.15) is 0 Å². The van der Waals surface area contributed by atoms with Gasteiger partial charge in [-0.25, -0.2) is 4.68 Å². The summed E-state index contributed by atoms with van der Waals surface area (Å²) >= 11 is 0. The number of rotatable bonds is 7. The standard InChI is InChI=1S/C16H22N6O3/c1-10(2)7-12(9-17)18-16(23)15-11(3)21(20-19-15)13-5-4-6-14(8-13)22(24)25/h4-6,8,10,12H,7,9,17H2,1-3H3,(H,18,23). The lowest BCUT2D eigenvalue weighted by Crippen LogP contribution is -2.41. The molecule has 1 aromatic carbocycles. The first-order chi connectivity index (χ1) is 11.8. The highest BCUT2D eigenvalue weighted by Gasteiger charge is 2.21. The van der Waals surface area contributed by atoms with E-state index in [2.05, 4.69) is 29.5 Å². The lowest BCUT2D eigenvalue weighted by molar-refractivity contribution is -0.384. The number of aromatic nitrogens is 3. The zero-order valence-corrected chi connectivity index (χ0v) is 14.5. The van der Waals surface area contributed by atoms with Gasteiger partial charge in [-0.3, -0.25) is 14.9 Å². The number of carbonyl (C=O) groups is 1. The highest BCUT2D eigenvalue weighted by atomic mass is 16.6. The molecule has 0 spiro atoms. The van der Waals surface area contributed by atoms with Gasteiger partial charge in [-0.15, -0.1) is 5.10 Å². The number of benzene rings is 1. The summed E-state index contributed by atoms with van der Waals surface area (Å²) in [4.78, 5) is 22.9. The van der Waals surface area contributed by atoms with Gasteiger partial charge in [-0.2, -0.15) is 0 Å². The SMILES string of the molecule is Cc1c(C(=O)NC(CN)CC(C)C)nnn1-c1cccc([N+](=O)[O-])c1. The Balaban J connectivity index is 2.24. The summed E-state index contributed by atoms with van der Waals surface area (Å²) in [5, 5.41) is 21.6. The van der Waals surface area contributed by atoms with E-state index >= 15 is 0 Å². The van der Waals surface area contributed by atoms with Gasteiger partial charge in [0.15, 0.2) is 5.69 Å². The minimum Gasteiger partial charge on any atom is -0.347 e. The fraction of sp³-hybridized carbons (Fsp3) is 0.438. The maximum atomic E-state index is 12.4. The minimum atomic E-state index is -0.485. The number of hydrogen-bond donors (Lipinski definition) is 2. The Morgan fingerprint density at radius 3 is 2.76 bits per heavy atom. The molecule has 134 valence electrons. The molecule has 3 N–H and O–H groups in total. The summed E-state index contributed by atoms with van der Waals surface area (Å²) in [7, 11) is 0. The predicted molar refractivity (Wildman–Crippen MR) is 92.5 cm³/mol. The number of nitrogens with one attached hydrogen (secondary N) is 1. The van der Waals surface area contributed by atoms with Crippen molar-refractivity contribution in [1.82, 2.24) is 20.3 Å². The Morgan fingerprint density at radius 1 is 1.44 bits per heavy atom. The van der Waals surface area contributed by atoms with E-state index in [0.717, 1.165) is 6.42 Å². The molecule has 0 radical (unpaired) electrons. The summed E-state index contributed by atoms with van der Waals surface area (Å²) in [6, 6.07) is 5.85. The molecule has 1 atom stereocenters. The van der Waals surface area contributed by atoms with Gasteiger partial charge >= 0.3 is 0 Å². The molecule has 2 rings (SSSR count). The van der Waals surface area contributed by atoms with Gasteiger partial charge in [0.25, 0.3) is 11.6 Å². The number of nitrogens with two attached hydrogens (primary N) is 1. The van der Waals surface area contributed by atoms with Crippen LogP contribution in [-0.4, -0.2) is 38.4 Å². The number of carbonyl (C=O) groups excluding carboxylic acids is 1. The van der Waals surface area contributed by atoms with Crippen molar-refractivity contribution in [3.05, 3.63) is 45.8 Å². The molecule has 0 bridgehead atoms. The van der Waals surface area contributed by atoms with Crippen LogP contribution in [0.5, 0.6) is 0 Å². The predicted octanol–water partition coefficient (Wildman–Crippen LogP) is 1.59. The first kappa shape index (κ1) is 18.5. The Labute approximate surface area is 145 Å². The van der Waals surface area contributed by atoms with Crippen molar-refractivity contribution in [1.29, 1.82) is 0 Å². The number of amides is 1. The van der Waals surface area contributed by atoms with E-state index in [1.165, 1.54) is 16.8 Å². The first-order valence-electron chi connectivity index (χ1n) is 8.01. The topological polar surface area (TPSA) is 129 Å². The average Bonchev–Trinajstić information content (AvgIpc) is 2.95. The smallest absolute Gasteiger partial charge is 0.274 e. The maximum Gasteiger partial charge on any atom is 0.274 e. The number of nitro groups is 1. The van der Waals surface area contributed by atoms with Crippen molar-refractivity contribution >= 4 is 11.6 Å². The van der Waals surface area contributed by atoms with Crippen LogP contribution in [0.25, 0.3) is 5.69 Å². The molecule has 9 nitrogen and oxygen atoms in total. The second kappa shape index (κ2) is 7.84. The summed E-state index contributed by atoms with van der Waals surface area (Å²) in [6.07, 6.45) is 0.764.